The summed E-state index contributed by atoms with van der Waals surface area (Å²) in [5, 5.41) is 4.03. The average Bonchev–Trinajstić information content (AvgIpc) is 2.97. The molecule has 3 rings (SSSR count). The van der Waals surface area contributed by atoms with Crippen LogP contribution in [0.15, 0.2) is 46.3 Å². The van der Waals surface area contributed by atoms with Gasteiger partial charge in [-0.25, -0.2) is 4.99 Å². The van der Waals surface area contributed by atoms with Crippen LogP contribution in [0.25, 0.3) is 6.08 Å². The second kappa shape index (κ2) is 8.87. The number of primary amides is 1. The molecule has 0 bridgehead atoms. The maximum atomic E-state index is 12.2. The molecular formula is C18H12Cl3N3O3S. The Labute approximate surface area is 179 Å². The van der Waals surface area contributed by atoms with Crippen molar-refractivity contribution in [2.75, 3.05) is 6.61 Å². The van der Waals surface area contributed by atoms with Crippen LogP contribution in [-0.2, 0) is 9.59 Å². The number of hydrogen-bond acceptors (Lipinski definition) is 5. The molecule has 0 spiro atoms. The lowest BCUT2D eigenvalue weighted by molar-refractivity contribution is -0.120. The van der Waals surface area contributed by atoms with Gasteiger partial charge in [0.1, 0.15) is 5.75 Å². The van der Waals surface area contributed by atoms with Crippen molar-refractivity contribution in [1.29, 1.82) is 0 Å². The number of benzene rings is 2. The maximum Gasteiger partial charge on any atom is 0.264 e. The van der Waals surface area contributed by atoms with Crippen LogP contribution in [0.3, 0.4) is 0 Å². The summed E-state index contributed by atoms with van der Waals surface area (Å²) in [5.74, 6) is -0.580. The van der Waals surface area contributed by atoms with E-state index in [4.69, 9.17) is 45.3 Å². The van der Waals surface area contributed by atoms with Crippen LogP contribution in [0.2, 0.25) is 15.1 Å². The summed E-state index contributed by atoms with van der Waals surface area (Å²) in [5.41, 5.74) is 6.17. The second-order valence-electron chi connectivity index (χ2n) is 5.50. The standard InChI is InChI=1S/C18H12Cl3N3O3S/c19-10-2-1-3-12(16(10)21)23-18-24-17(26)14(28-18)7-9-4-5-13(11(20)6-9)27-8-15(22)25/h1-7H,8H2,(H2,22,25)(H,23,24,26). The predicted octanol–water partition coefficient (Wildman–Crippen LogP) is 4.40. The molecule has 0 unspecified atom stereocenters. The summed E-state index contributed by atoms with van der Waals surface area (Å²) < 4.78 is 5.19. The van der Waals surface area contributed by atoms with Crippen LogP contribution >= 0.6 is 46.6 Å². The van der Waals surface area contributed by atoms with E-state index in [1.807, 2.05) is 0 Å². The van der Waals surface area contributed by atoms with Gasteiger partial charge in [-0.1, -0.05) is 46.9 Å². The van der Waals surface area contributed by atoms with Gasteiger partial charge < -0.3 is 15.8 Å². The molecule has 1 fully saturated rings. The Morgan fingerprint density at radius 1 is 1.21 bits per heavy atom. The van der Waals surface area contributed by atoms with E-state index in [2.05, 4.69) is 10.3 Å². The highest BCUT2D eigenvalue weighted by atomic mass is 35.5. The van der Waals surface area contributed by atoms with Crippen molar-refractivity contribution >= 4 is 75.3 Å². The van der Waals surface area contributed by atoms with Gasteiger partial charge in [0, 0.05) is 0 Å². The van der Waals surface area contributed by atoms with Crippen LogP contribution in [0.5, 0.6) is 5.75 Å². The van der Waals surface area contributed by atoms with E-state index in [0.29, 0.717) is 42.1 Å². The smallest absolute Gasteiger partial charge is 0.264 e. The molecule has 0 aromatic heterocycles. The molecular weight excluding hydrogens is 445 g/mol. The minimum absolute atomic E-state index is 0.274. The number of nitrogens with zero attached hydrogens (tertiary/aromatic N) is 1. The first kappa shape index (κ1) is 20.5. The van der Waals surface area contributed by atoms with E-state index in [0.717, 1.165) is 11.8 Å². The van der Waals surface area contributed by atoms with Crippen molar-refractivity contribution in [2.24, 2.45) is 10.7 Å². The Kier molecular flexibility index (Phi) is 6.51. The third-order valence-corrected chi connectivity index (χ3v) is 5.44. The Hall–Kier alpha value is -2.19. The quantitative estimate of drug-likeness (QED) is 0.652. The minimum atomic E-state index is -0.604. The number of thioether (sulfide) groups is 1. The fourth-order valence-corrected chi connectivity index (χ4v) is 3.61. The van der Waals surface area contributed by atoms with Crippen LogP contribution in [0, 0.1) is 0 Å². The summed E-state index contributed by atoms with van der Waals surface area (Å²) in [4.78, 5) is 27.8. The van der Waals surface area contributed by atoms with Crippen molar-refractivity contribution in [2.45, 2.75) is 0 Å². The number of rotatable bonds is 5. The highest BCUT2D eigenvalue weighted by Crippen LogP contribution is 2.35. The third-order valence-electron chi connectivity index (χ3n) is 3.43. The van der Waals surface area contributed by atoms with E-state index in [-0.39, 0.29) is 12.5 Å². The monoisotopic (exact) mass is 455 g/mol. The summed E-state index contributed by atoms with van der Waals surface area (Å²) in [6.07, 6.45) is 1.66. The summed E-state index contributed by atoms with van der Waals surface area (Å²) in [6.45, 7) is -0.274. The molecule has 1 saturated heterocycles. The van der Waals surface area contributed by atoms with Gasteiger partial charge in [0.15, 0.2) is 11.8 Å². The van der Waals surface area contributed by atoms with E-state index >= 15 is 0 Å². The molecule has 2 aromatic carbocycles. The first-order valence-electron chi connectivity index (χ1n) is 7.78. The molecule has 0 radical (unpaired) electrons. The number of nitrogens with one attached hydrogen (secondary N) is 1. The first-order chi connectivity index (χ1) is 13.3. The number of amidine groups is 1. The molecule has 2 amide bonds. The highest BCUT2D eigenvalue weighted by molar-refractivity contribution is 8.18. The van der Waals surface area contributed by atoms with Crippen molar-refractivity contribution in [1.82, 2.24) is 5.32 Å². The topological polar surface area (TPSA) is 93.8 Å². The number of aliphatic imine (C=N–C) groups is 1. The van der Waals surface area contributed by atoms with E-state index in [1.165, 1.54) is 0 Å². The number of nitrogens with two attached hydrogens (primary N) is 1. The Bertz CT molecular complexity index is 1020. The zero-order chi connectivity index (χ0) is 20.3. The summed E-state index contributed by atoms with van der Waals surface area (Å²) >= 11 is 19.4. The Morgan fingerprint density at radius 3 is 2.71 bits per heavy atom. The molecule has 1 heterocycles. The fraction of sp³-hybridized carbons (Fsp3) is 0.0556. The molecule has 1 aliphatic heterocycles. The van der Waals surface area contributed by atoms with Gasteiger partial charge in [0.25, 0.3) is 11.8 Å². The Morgan fingerprint density at radius 2 is 2.00 bits per heavy atom. The lowest BCUT2D eigenvalue weighted by Crippen LogP contribution is -2.20. The molecule has 0 atom stereocenters. The molecule has 0 saturated carbocycles. The number of hydrogen-bond donors (Lipinski definition) is 2. The van der Waals surface area contributed by atoms with E-state index < -0.39 is 5.91 Å². The van der Waals surface area contributed by atoms with Crippen LogP contribution in [-0.4, -0.2) is 23.6 Å². The van der Waals surface area contributed by atoms with E-state index in [9.17, 15) is 9.59 Å². The zero-order valence-corrected chi connectivity index (χ0v) is 17.1. The van der Waals surface area contributed by atoms with Crippen molar-refractivity contribution in [3.8, 4) is 5.75 Å². The number of ether oxygens (including phenoxy) is 1. The van der Waals surface area contributed by atoms with Crippen molar-refractivity contribution in [3.05, 3.63) is 61.9 Å². The SMILES string of the molecule is NC(=O)COc1ccc(C=C2SC(=Nc3cccc(Cl)c3Cl)NC2=O)cc1Cl. The molecule has 2 aromatic rings. The van der Waals surface area contributed by atoms with Crippen LogP contribution in [0.4, 0.5) is 5.69 Å². The van der Waals surface area contributed by atoms with Gasteiger partial charge in [-0.2, -0.15) is 0 Å². The van der Waals surface area contributed by atoms with Crippen LogP contribution in [0.1, 0.15) is 5.56 Å². The number of carbonyl (C=O) groups is 2. The molecule has 28 heavy (non-hydrogen) atoms. The third kappa shape index (κ3) is 4.99. The van der Waals surface area contributed by atoms with Gasteiger partial charge in [-0.15, -0.1) is 0 Å². The zero-order valence-electron chi connectivity index (χ0n) is 14.0. The van der Waals surface area contributed by atoms with Gasteiger partial charge in [0.05, 0.1) is 25.7 Å². The highest BCUT2D eigenvalue weighted by Gasteiger charge is 2.24. The predicted molar refractivity (Wildman–Crippen MR) is 113 cm³/mol. The largest absolute Gasteiger partial charge is 0.482 e. The molecule has 6 nitrogen and oxygen atoms in total. The van der Waals surface area contributed by atoms with Gasteiger partial charge in [0.2, 0.25) is 0 Å². The summed E-state index contributed by atoms with van der Waals surface area (Å²) in [6, 6.07) is 9.97. The second-order valence-corrected chi connectivity index (χ2v) is 7.72. The molecule has 1 aliphatic rings. The Balaban J connectivity index is 1.79. The number of halogens is 3. The average molecular weight is 457 g/mol. The van der Waals surface area contributed by atoms with Crippen molar-refractivity contribution in [3.63, 3.8) is 0 Å². The fourth-order valence-electron chi connectivity index (χ4n) is 2.19. The molecule has 10 heteroatoms. The van der Waals surface area contributed by atoms with Crippen LogP contribution < -0.4 is 15.8 Å². The van der Waals surface area contributed by atoms with Crippen molar-refractivity contribution < 1.29 is 14.3 Å². The normalized spacial score (nSPS) is 16.5. The molecule has 144 valence electrons. The summed E-state index contributed by atoms with van der Waals surface area (Å²) in [7, 11) is 0. The lowest BCUT2D eigenvalue weighted by Gasteiger charge is -2.06. The number of amides is 2. The van der Waals surface area contributed by atoms with Gasteiger partial charge in [-0.3, -0.25) is 9.59 Å². The van der Waals surface area contributed by atoms with Gasteiger partial charge in [-0.05, 0) is 47.7 Å². The molecule has 3 N–H and O–H groups in total. The maximum absolute atomic E-state index is 12.2. The minimum Gasteiger partial charge on any atom is -0.482 e. The molecule has 0 aliphatic carbocycles. The van der Waals surface area contributed by atoms with E-state index in [1.54, 1.807) is 42.5 Å². The number of carbonyl (C=O) groups excluding carboxylic acids is 2. The van der Waals surface area contributed by atoms with Gasteiger partial charge >= 0.3 is 0 Å². The first-order valence-corrected chi connectivity index (χ1v) is 9.73. The lowest BCUT2D eigenvalue weighted by atomic mass is 10.2.